The van der Waals surface area contributed by atoms with E-state index in [2.05, 4.69) is 29.5 Å². The zero-order chi connectivity index (χ0) is 19.7. The molecule has 0 amide bonds. The van der Waals surface area contributed by atoms with Crippen LogP contribution in [0.2, 0.25) is 0 Å². The van der Waals surface area contributed by atoms with Gasteiger partial charge in [0.15, 0.2) is 10.2 Å². The monoisotopic (exact) mass is 408 g/mol. The van der Waals surface area contributed by atoms with Crippen molar-refractivity contribution in [1.82, 2.24) is 9.97 Å². The molecule has 3 nitrogen and oxygen atoms in total. The van der Waals surface area contributed by atoms with Crippen molar-refractivity contribution >= 4 is 40.9 Å². The Morgan fingerprint density at radius 1 is 0.963 bits per heavy atom. The zero-order valence-electron chi connectivity index (χ0n) is 17.0. The third-order valence-corrected chi connectivity index (χ3v) is 5.04. The molecule has 0 radical (unpaired) electrons. The first-order valence-corrected chi connectivity index (χ1v) is 11.3. The minimum Gasteiger partial charge on any atom is -0.487 e. The van der Waals surface area contributed by atoms with Crippen molar-refractivity contribution in [2.75, 3.05) is 6.61 Å². The van der Waals surface area contributed by atoms with Crippen LogP contribution < -0.4 is 0 Å². The van der Waals surface area contributed by atoms with Gasteiger partial charge in [-0.2, -0.15) is 0 Å². The summed E-state index contributed by atoms with van der Waals surface area (Å²) in [6, 6.07) is 7.84. The van der Waals surface area contributed by atoms with E-state index in [9.17, 15) is 0 Å². The molecule has 0 spiro atoms. The highest BCUT2D eigenvalue weighted by molar-refractivity contribution is 7.80. The van der Waals surface area contributed by atoms with Crippen molar-refractivity contribution in [2.45, 2.75) is 89.6 Å². The molecular formula is C22H36N2OS2. The normalized spacial score (nSPS) is 10.5. The van der Waals surface area contributed by atoms with Crippen LogP contribution in [0.15, 0.2) is 29.4 Å². The highest BCUT2D eigenvalue weighted by Gasteiger charge is 1.96. The fourth-order valence-corrected chi connectivity index (χ4v) is 3.13. The molecule has 5 heteroatoms. The van der Waals surface area contributed by atoms with Gasteiger partial charge in [0, 0.05) is 6.42 Å². The third-order valence-electron chi connectivity index (χ3n) is 4.43. The standard InChI is InChI=1S/C15H30OS.C7H6N2S/c1-3-5-6-7-8-9-10-11-12-13-14-16-15(17)4-2;10-7-8-5-3-1-2-4-6(5)9-7/h3-14H2,1-2H3;1-4H,(H2,8,9,10). The van der Waals surface area contributed by atoms with Gasteiger partial charge in [0.2, 0.25) is 0 Å². The first-order valence-electron chi connectivity index (χ1n) is 10.5. The highest BCUT2D eigenvalue weighted by atomic mass is 32.1. The summed E-state index contributed by atoms with van der Waals surface area (Å²) in [5.41, 5.74) is 2.00. The molecule has 0 aliphatic heterocycles. The van der Waals surface area contributed by atoms with Crippen LogP contribution >= 0.6 is 24.8 Å². The number of hydrogen-bond donors (Lipinski definition) is 2. The van der Waals surface area contributed by atoms with Crippen LogP contribution in [-0.4, -0.2) is 21.6 Å². The lowest BCUT2D eigenvalue weighted by atomic mass is 10.1. The number of aromatic amines is 1. The van der Waals surface area contributed by atoms with Gasteiger partial charge in [-0.1, -0.05) is 83.8 Å². The van der Waals surface area contributed by atoms with Crippen LogP contribution in [0.3, 0.4) is 0 Å². The Balaban J connectivity index is 0.000000303. The molecule has 27 heavy (non-hydrogen) atoms. The predicted molar refractivity (Wildman–Crippen MR) is 124 cm³/mol. The van der Waals surface area contributed by atoms with Crippen molar-refractivity contribution in [3.05, 3.63) is 24.3 Å². The molecule has 2 rings (SSSR count). The van der Waals surface area contributed by atoms with E-state index in [1.807, 2.05) is 31.2 Å². The minimum atomic E-state index is 0.668. The summed E-state index contributed by atoms with van der Waals surface area (Å²) in [5, 5.41) is 1.43. The third kappa shape index (κ3) is 12.1. The second kappa shape index (κ2) is 15.9. The number of benzene rings is 1. The number of fused-ring (bicyclic) bond motifs is 1. The molecule has 0 saturated carbocycles. The van der Waals surface area contributed by atoms with Crippen LogP contribution in [0.4, 0.5) is 0 Å². The lowest BCUT2D eigenvalue weighted by Crippen LogP contribution is -2.01. The van der Waals surface area contributed by atoms with Crippen LogP contribution in [0, 0.1) is 0 Å². The van der Waals surface area contributed by atoms with Crippen molar-refractivity contribution in [3.8, 4) is 0 Å². The van der Waals surface area contributed by atoms with Crippen molar-refractivity contribution in [1.29, 1.82) is 0 Å². The molecule has 0 unspecified atom stereocenters. The number of para-hydroxylation sites is 2. The number of thiocarbonyl (C=S) groups is 1. The molecule has 1 aromatic carbocycles. The van der Waals surface area contributed by atoms with Gasteiger partial charge in [0.05, 0.1) is 17.6 Å². The Kier molecular flexibility index (Phi) is 14.1. The number of H-pyrrole nitrogens is 1. The maximum atomic E-state index is 5.39. The van der Waals surface area contributed by atoms with Crippen molar-refractivity contribution in [3.63, 3.8) is 0 Å². The molecule has 0 saturated heterocycles. The van der Waals surface area contributed by atoms with E-state index in [1.165, 1.54) is 57.8 Å². The molecule has 1 aromatic heterocycles. The number of rotatable bonds is 12. The fraction of sp³-hybridized carbons (Fsp3) is 0.636. The second-order valence-electron chi connectivity index (χ2n) is 6.83. The molecule has 0 aliphatic carbocycles. The van der Waals surface area contributed by atoms with Gasteiger partial charge in [-0.15, -0.1) is 12.6 Å². The molecule has 0 fully saturated rings. The summed E-state index contributed by atoms with van der Waals surface area (Å²) in [6.45, 7) is 5.14. The van der Waals surface area contributed by atoms with E-state index < -0.39 is 0 Å². The maximum Gasteiger partial charge on any atom is 0.163 e. The van der Waals surface area contributed by atoms with E-state index >= 15 is 0 Å². The van der Waals surface area contributed by atoms with Crippen LogP contribution in [0.1, 0.15) is 84.5 Å². The molecule has 0 atom stereocenters. The lowest BCUT2D eigenvalue weighted by molar-refractivity contribution is 0.293. The average molecular weight is 409 g/mol. The Hall–Kier alpha value is -1.07. The summed E-state index contributed by atoms with van der Waals surface area (Å²) in [6.07, 6.45) is 14.5. The summed E-state index contributed by atoms with van der Waals surface area (Å²) in [4.78, 5) is 7.13. The van der Waals surface area contributed by atoms with Gasteiger partial charge in [0.1, 0.15) is 0 Å². The molecule has 1 heterocycles. The predicted octanol–water partition coefficient (Wildman–Crippen LogP) is 7.51. The number of unbranched alkanes of at least 4 members (excludes halogenated alkanes) is 9. The minimum absolute atomic E-state index is 0.668. The van der Waals surface area contributed by atoms with Crippen LogP contribution in [0.25, 0.3) is 11.0 Å². The van der Waals surface area contributed by atoms with Crippen molar-refractivity contribution in [2.24, 2.45) is 0 Å². The summed E-state index contributed by atoms with van der Waals surface area (Å²) >= 11 is 9.08. The van der Waals surface area contributed by atoms with E-state index in [-0.39, 0.29) is 0 Å². The Labute approximate surface area is 176 Å². The number of nitrogens with one attached hydrogen (secondary N) is 1. The first kappa shape index (κ1) is 24.0. The maximum absolute atomic E-state index is 5.39. The number of aromatic nitrogens is 2. The van der Waals surface area contributed by atoms with E-state index in [0.29, 0.717) is 5.16 Å². The summed E-state index contributed by atoms with van der Waals surface area (Å²) in [5.74, 6) is 0. The Bertz CT molecular complexity index is 595. The zero-order valence-corrected chi connectivity index (χ0v) is 18.7. The van der Waals surface area contributed by atoms with Gasteiger partial charge >= 0.3 is 0 Å². The number of nitrogens with zero attached hydrogens (tertiary/aromatic N) is 1. The largest absolute Gasteiger partial charge is 0.487 e. The van der Waals surface area contributed by atoms with Gasteiger partial charge in [-0.05, 0) is 30.8 Å². The van der Waals surface area contributed by atoms with Crippen LogP contribution in [-0.2, 0) is 4.74 Å². The number of thiol groups is 1. The van der Waals surface area contributed by atoms with Gasteiger partial charge in [-0.25, -0.2) is 4.98 Å². The van der Waals surface area contributed by atoms with E-state index in [0.717, 1.165) is 35.5 Å². The van der Waals surface area contributed by atoms with Crippen LogP contribution in [0.5, 0.6) is 0 Å². The SMILES string of the molecule is CCCCCCCCCCCCOC(=S)CC.Sc1nc2ccccc2[nH]1. The van der Waals surface area contributed by atoms with E-state index in [1.54, 1.807) is 0 Å². The number of ether oxygens (including phenoxy) is 1. The second-order valence-corrected chi connectivity index (χ2v) is 7.71. The molecule has 0 aliphatic rings. The first-order chi connectivity index (χ1) is 13.2. The van der Waals surface area contributed by atoms with E-state index in [4.69, 9.17) is 17.0 Å². The smallest absolute Gasteiger partial charge is 0.163 e. The van der Waals surface area contributed by atoms with Gasteiger partial charge in [-0.3, -0.25) is 0 Å². The Morgan fingerprint density at radius 2 is 1.56 bits per heavy atom. The molecular weight excluding hydrogens is 372 g/mol. The topological polar surface area (TPSA) is 37.9 Å². The molecule has 152 valence electrons. The quantitative estimate of drug-likeness (QED) is 0.217. The molecule has 2 aromatic rings. The summed E-state index contributed by atoms with van der Waals surface area (Å²) in [7, 11) is 0. The summed E-state index contributed by atoms with van der Waals surface area (Å²) < 4.78 is 5.39. The van der Waals surface area contributed by atoms with Gasteiger partial charge in [0.25, 0.3) is 0 Å². The van der Waals surface area contributed by atoms with Crippen molar-refractivity contribution < 1.29 is 4.74 Å². The highest BCUT2D eigenvalue weighted by Crippen LogP contribution is 2.12. The average Bonchev–Trinajstić information content (AvgIpc) is 3.06. The fourth-order valence-electron chi connectivity index (χ4n) is 2.82. The van der Waals surface area contributed by atoms with Gasteiger partial charge < -0.3 is 9.72 Å². The number of hydrogen-bond acceptors (Lipinski definition) is 4. The molecule has 0 bridgehead atoms. The molecule has 1 N–H and O–H groups in total. The number of imidazole rings is 1. The lowest BCUT2D eigenvalue weighted by Gasteiger charge is -2.05. The Morgan fingerprint density at radius 3 is 2.15 bits per heavy atom.